The van der Waals surface area contributed by atoms with Crippen molar-refractivity contribution in [3.8, 4) is 5.69 Å². The van der Waals surface area contributed by atoms with Gasteiger partial charge in [-0.2, -0.15) is 0 Å². The maximum absolute atomic E-state index is 12.6. The molecule has 0 aliphatic rings. The second kappa shape index (κ2) is 6.77. The summed E-state index contributed by atoms with van der Waals surface area (Å²) in [5, 5.41) is 0. The van der Waals surface area contributed by atoms with Crippen molar-refractivity contribution in [2.24, 2.45) is 0 Å². The number of ether oxygens (including phenoxy) is 1. The van der Waals surface area contributed by atoms with Crippen molar-refractivity contribution in [3.05, 3.63) is 59.7 Å². The lowest BCUT2D eigenvalue weighted by Crippen LogP contribution is -2.09. The third-order valence-electron chi connectivity index (χ3n) is 4.51. The Morgan fingerprint density at radius 3 is 2.29 bits per heavy atom. The van der Waals surface area contributed by atoms with E-state index in [2.05, 4.69) is 9.97 Å². The summed E-state index contributed by atoms with van der Waals surface area (Å²) in [6.07, 6.45) is 0. The van der Waals surface area contributed by atoms with Crippen molar-refractivity contribution in [2.45, 2.75) is 13.8 Å². The molecule has 28 heavy (non-hydrogen) atoms. The van der Waals surface area contributed by atoms with Crippen molar-refractivity contribution in [1.82, 2.24) is 14.5 Å². The van der Waals surface area contributed by atoms with Crippen LogP contribution in [0, 0.1) is 0 Å². The number of hydrogen-bond acceptors (Lipinski definition) is 6. The summed E-state index contributed by atoms with van der Waals surface area (Å²) >= 11 is 0. The number of Topliss-reactive ketones (excluding diaryl/α,β-unsaturated/α-hetero) is 1. The molecule has 140 valence electrons. The first-order valence-corrected chi connectivity index (χ1v) is 8.86. The van der Waals surface area contributed by atoms with E-state index in [-0.39, 0.29) is 23.8 Å². The number of esters is 1. The zero-order valence-electron chi connectivity index (χ0n) is 15.5. The van der Waals surface area contributed by atoms with Gasteiger partial charge in [-0.25, -0.2) is 14.8 Å². The van der Waals surface area contributed by atoms with Crippen LogP contribution in [-0.4, -0.2) is 32.9 Å². The van der Waals surface area contributed by atoms with E-state index < -0.39 is 5.97 Å². The molecule has 0 aliphatic heterocycles. The summed E-state index contributed by atoms with van der Waals surface area (Å²) in [4.78, 5) is 33.4. The number of rotatable bonds is 4. The summed E-state index contributed by atoms with van der Waals surface area (Å²) in [5.74, 6) is -0.386. The SMILES string of the molecule is CCOC(=O)c1c(N)n(-c2ccc(C(C)=O)cc2)c2nc3ccccc3nc12. The quantitative estimate of drug-likeness (QED) is 0.433. The van der Waals surface area contributed by atoms with Gasteiger partial charge in [0.15, 0.2) is 11.4 Å². The molecular weight excluding hydrogens is 356 g/mol. The highest BCUT2D eigenvalue weighted by molar-refractivity contribution is 6.09. The van der Waals surface area contributed by atoms with Gasteiger partial charge >= 0.3 is 5.97 Å². The van der Waals surface area contributed by atoms with Crippen LogP contribution in [0.15, 0.2) is 48.5 Å². The second-order valence-corrected chi connectivity index (χ2v) is 6.30. The Kier molecular flexibility index (Phi) is 4.27. The van der Waals surface area contributed by atoms with E-state index in [1.165, 1.54) is 6.92 Å². The Bertz CT molecular complexity index is 1230. The van der Waals surface area contributed by atoms with E-state index in [4.69, 9.17) is 10.5 Å². The molecule has 2 aromatic heterocycles. The van der Waals surface area contributed by atoms with E-state index in [0.29, 0.717) is 33.4 Å². The number of hydrogen-bond donors (Lipinski definition) is 1. The predicted molar refractivity (Wildman–Crippen MR) is 107 cm³/mol. The molecule has 4 aromatic rings. The number of nitrogens with zero attached hydrogens (tertiary/aromatic N) is 3. The van der Waals surface area contributed by atoms with Crippen molar-refractivity contribution in [3.63, 3.8) is 0 Å². The number of ketones is 1. The van der Waals surface area contributed by atoms with Crippen molar-refractivity contribution in [1.29, 1.82) is 0 Å². The summed E-state index contributed by atoms with van der Waals surface area (Å²) in [5.41, 5.74) is 9.97. The van der Waals surface area contributed by atoms with E-state index in [0.717, 1.165) is 0 Å². The van der Waals surface area contributed by atoms with Gasteiger partial charge in [0, 0.05) is 11.3 Å². The molecule has 0 spiro atoms. The van der Waals surface area contributed by atoms with Gasteiger partial charge in [-0.3, -0.25) is 9.36 Å². The highest BCUT2D eigenvalue weighted by Gasteiger charge is 2.25. The van der Waals surface area contributed by atoms with Crippen LogP contribution in [0.25, 0.3) is 27.9 Å². The van der Waals surface area contributed by atoms with Gasteiger partial charge in [0.25, 0.3) is 0 Å². The van der Waals surface area contributed by atoms with Crippen LogP contribution < -0.4 is 5.73 Å². The number of nitrogen functional groups attached to an aromatic ring is 1. The van der Waals surface area contributed by atoms with Gasteiger partial charge in [-0.15, -0.1) is 0 Å². The number of anilines is 1. The summed E-state index contributed by atoms with van der Waals surface area (Å²) in [6, 6.07) is 14.3. The molecule has 2 aromatic carbocycles. The fourth-order valence-corrected chi connectivity index (χ4v) is 3.17. The number of benzene rings is 2. The zero-order valence-corrected chi connectivity index (χ0v) is 15.5. The molecule has 0 radical (unpaired) electrons. The Morgan fingerprint density at radius 2 is 1.68 bits per heavy atom. The molecule has 0 saturated heterocycles. The molecule has 2 heterocycles. The number of nitrogens with two attached hydrogens (primary N) is 1. The van der Waals surface area contributed by atoms with Gasteiger partial charge in [-0.05, 0) is 50.2 Å². The number of fused-ring (bicyclic) bond motifs is 2. The molecule has 0 fully saturated rings. The Hall–Kier alpha value is -3.74. The maximum Gasteiger partial charge on any atom is 0.344 e. The molecule has 2 N–H and O–H groups in total. The number of carbonyl (C=O) groups is 2. The average Bonchev–Trinajstić information content (AvgIpc) is 2.97. The van der Waals surface area contributed by atoms with Gasteiger partial charge in [0.1, 0.15) is 16.9 Å². The molecule has 7 heteroatoms. The minimum atomic E-state index is -0.548. The van der Waals surface area contributed by atoms with E-state index in [9.17, 15) is 9.59 Å². The molecule has 0 bridgehead atoms. The third-order valence-corrected chi connectivity index (χ3v) is 4.51. The van der Waals surface area contributed by atoms with Crippen LogP contribution in [0.5, 0.6) is 0 Å². The minimum absolute atomic E-state index is 0.0325. The van der Waals surface area contributed by atoms with Crippen molar-refractivity contribution in [2.75, 3.05) is 12.3 Å². The van der Waals surface area contributed by atoms with E-state index in [1.807, 2.05) is 24.3 Å². The summed E-state index contributed by atoms with van der Waals surface area (Å²) < 4.78 is 6.84. The Labute approximate surface area is 160 Å². The second-order valence-electron chi connectivity index (χ2n) is 6.30. The monoisotopic (exact) mass is 374 g/mol. The standard InChI is InChI=1S/C21H18N4O3/c1-3-28-21(27)17-18-20(24-16-7-5-4-6-15(16)23-18)25(19(17)22)14-10-8-13(9-11-14)12(2)26/h4-11H,3,22H2,1-2H3. The summed E-state index contributed by atoms with van der Waals surface area (Å²) in [6.45, 7) is 3.46. The minimum Gasteiger partial charge on any atom is -0.462 e. The van der Waals surface area contributed by atoms with Gasteiger partial charge in [0.2, 0.25) is 0 Å². The normalized spacial score (nSPS) is 11.1. The highest BCUT2D eigenvalue weighted by Crippen LogP contribution is 2.31. The molecule has 0 aliphatic carbocycles. The van der Waals surface area contributed by atoms with Gasteiger partial charge < -0.3 is 10.5 Å². The number of carbonyl (C=O) groups excluding carboxylic acids is 2. The molecule has 0 saturated carbocycles. The largest absolute Gasteiger partial charge is 0.462 e. The molecule has 0 atom stereocenters. The van der Waals surface area contributed by atoms with Gasteiger partial charge in [0.05, 0.1) is 17.6 Å². The topological polar surface area (TPSA) is 100 Å². The molecule has 0 unspecified atom stereocenters. The van der Waals surface area contributed by atoms with Crippen LogP contribution in [0.3, 0.4) is 0 Å². The number of aromatic nitrogens is 3. The summed E-state index contributed by atoms with van der Waals surface area (Å²) in [7, 11) is 0. The van der Waals surface area contributed by atoms with Crippen LogP contribution in [0.1, 0.15) is 34.6 Å². The van der Waals surface area contributed by atoms with E-state index in [1.54, 1.807) is 35.8 Å². The molecule has 4 rings (SSSR count). The first-order chi connectivity index (χ1) is 13.5. The van der Waals surface area contributed by atoms with E-state index >= 15 is 0 Å². The van der Waals surface area contributed by atoms with Crippen LogP contribution >= 0.6 is 0 Å². The lowest BCUT2D eigenvalue weighted by atomic mass is 10.1. The Balaban J connectivity index is 2.04. The zero-order chi connectivity index (χ0) is 19.8. The molecular formula is C21H18N4O3. The third kappa shape index (κ3) is 2.77. The Morgan fingerprint density at radius 1 is 1.04 bits per heavy atom. The van der Waals surface area contributed by atoms with Crippen LogP contribution in [0.4, 0.5) is 5.82 Å². The van der Waals surface area contributed by atoms with Crippen LogP contribution in [0.2, 0.25) is 0 Å². The molecule has 0 amide bonds. The van der Waals surface area contributed by atoms with Crippen LogP contribution in [-0.2, 0) is 4.74 Å². The predicted octanol–water partition coefficient (Wildman–Crippen LogP) is 3.54. The first-order valence-electron chi connectivity index (χ1n) is 8.86. The van der Waals surface area contributed by atoms with Gasteiger partial charge in [-0.1, -0.05) is 12.1 Å². The van der Waals surface area contributed by atoms with Crippen molar-refractivity contribution < 1.29 is 14.3 Å². The lowest BCUT2D eigenvalue weighted by Gasteiger charge is -2.08. The molecule has 7 nitrogen and oxygen atoms in total. The average molecular weight is 374 g/mol. The highest BCUT2D eigenvalue weighted by atomic mass is 16.5. The first kappa shape index (κ1) is 17.7. The number of para-hydroxylation sites is 2. The maximum atomic E-state index is 12.6. The smallest absolute Gasteiger partial charge is 0.344 e. The fraction of sp³-hybridized carbons (Fsp3) is 0.143. The fourth-order valence-electron chi connectivity index (χ4n) is 3.17. The van der Waals surface area contributed by atoms with Crippen molar-refractivity contribution >= 4 is 39.8 Å². The lowest BCUT2D eigenvalue weighted by molar-refractivity contribution is 0.0529.